The van der Waals surface area contributed by atoms with E-state index in [4.69, 9.17) is 5.73 Å². The summed E-state index contributed by atoms with van der Waals surface area (Å²) in [7, 11) is -3.31. The summed E-state index contributed by atoms with van der Waals surface area (Å²) in [6.45, 7) is 13.3. The second kappa shape index (κ2) is 9.05. The monoisotopic (exact) mass is 428 g/mol. The van der Waals surface area contributed by atoms with Crippen molar-refractivity contribution in [1.82, 2.24) is 14.7 Å². The highest BCUT2D eigenvalue weighted by atomic mass is 32.2. The van der Waals surface area contributed by atoms with Gasteiger partial charge in [0.1, 0.15) is 12.1 Å². The molecule has 0 saturated carbocycles. The Balaban J connectivity index is 2.56. The summed E-state index contributed by atoms with van der Waals surface area (Å²) in [5.41, 5.74) is 12.9. The van der Waals surface area contributed by atoms with Crippen molar-refractivity contribution >= 4 is 49.2 Å². The van der Waals surface area contributed by atoms with E-state index in [1.54, 1.807) is 13.0 Å². The van der Waals surface area contributed by atoms with E-state index < -0.39 is 10.0 Å². The van der Waals surface area contributed by atoms with Gasteiger partial charge in [-0.1, -0.05) is 37.0 Å². The lowest BCUT2D eigenvalue weighted by molar-refractivity contribution is 0.594. The number of allylic oxidation sites excluding steroid dienone is 7. The summed E-state index contributed by atoms with van der Waals surface area (Å²) in [6, 6.07) is 0. The van der Waals surface area contributed by atoms with Crippen LogP contribution < -0.4 is 20.2 Å². The van der Waals surface area contributed by atoms with Crippen LogP contribution in [0.3, 0.4) is 0 Å². The summed E-state index contributed by atoms with van der Waals surface area (Å²) >= 11 is 1.45. The fourth-order valence-corrected chi connectivity index (χ4v) is 4.29. The molecule has 0 saturated heterocycles. The number of thiophene rings is 1. The second-order valence-corrected chi connectivity index (χ2v) is 9.33. The van der Waals surface area contributed by atoms with Gasteiger partial charge >= 0.3 is 0 Å². The van der Waals surface area contributed by atoms with Crippen LogP contribution in [0.2, 0.25) is 0 Å². The molecule has 0 aliphatic carbocycles. The minimum Gasteiger partial charge on any atom is -0.382 e. The van der Waals surface area contributed by atoms with Gasteiger partial charge in [0.15, 0.2) is 0 Å². The fraction of sp³-hybridized carbons (Fsp3) is 0.190. The van der Waals surface area contributed by atoms with Crippen LogP contribution in [0.1, 0.15) is 20.8 Å². The molecule has 0 aromatic carbocycles. The molecule has 2 rings (SSSR count). The van der Waals surface area contributed by atoms with Crippen LogP contribution in [0.25, 0.3) is 22.0 Å². The second-order valence-electron chi connectivity index (χ2n) is 6.56. The van der Waals surface area contributed by atoms with Gasteiger partial charge in [0.2, 0.25) is 10.0 Å². The standard InChI is InChI=1S/C21H24N4O2S2/c1-7-18-17(19-20(28-18)21(22)24-12-23-19)10-8-14(4)16(13(2)3)11-9-15(5)25-29(6,26)27/h8-12,25H,1-2H2,3-6H3,(H2,22,23,24). The van der Waals surface area contributed by atoms with Gasteiger partial charge in [-0.2, -0.15) is 0 Å². The van der Waals surface area contributed by atoms with Gasteiger partial charge in [-0.15, -0.1) is 17.1 Å². The first-order valence-electron chi connectivity index (χ1n) is 8.63. The number of fused-ring (bicyclic) bond motifs is 1. The third-order valence-electron chi connectivity index (χ3n) is 3.93. The molecule has 0 fully saturated rings. The zero-order valence-electron chi connectivity index (χ0n) is 16.9. The Hall–Kier alpha value is -2.93. The molecule has 152 valence electrons. The summed E-state index contributed by atoms with van der Waals surface area (Å²) in [5, 5.41) is 0.875. The van der Waals surface area contributed by atoms with Crippen molar-refractivity contribution in [1.29, 1.82) is 0 Å². The molecule has 0 aliphatic heterocycles. The molecule has 29 heavy (non-hydrogen) atoms. The molecule has 0 aliphatic rings. The number of aromatic nitrogens is 2. The van der Waals surface area contributed by atoms with Gasteiger partial charge in [0, 0.05) is 10.9 Å². The lowest BCUT2D eigenvalue weighted by Gasteiger charge is -2.07. The lowest BCUT2D eigenvalue weighted by Crippen LogP contribution is -2.19. The van der Waals surface area contributed by atoms with Crippen molar-refractivity contribution < 1.29 is 8.42 Å². The quantitative estimate of drug-likeness (QED) is 0.689. The highest BCUT2D eigenvalue weighted by Crippen LogP contribution is 2.19. The number of nitrogen functional groups attached to an aromatic ring is 1. The topological polar surface area (TPSA) is 98.0 Å². The van der Waals surface area contributed by atoms with Crippen molar-refractivity contribution in [3.63, 3.8) is 0 Å². The molecule has 8 heteroatoms. The molecule has 0 atom stereocenters. The first-order chi connectivity index (χ1) is 13.5. The predicted molar refractivity (Wildman–Crippen MR) is 123 cm³/mol. The average Bonchev–Trinajstić information content (AvgIpc) is 2.97. The number of nitrogens with two attached hydrogens (primary N) is 1. The Kier molecular flexibility index (Phi) is 6.97. The number of hydrogen-bond acceptors (Lipinski definition) is 6. The molecule has 3 N–H and O–H groups in total. The van der Waals surface area contributed by atoms with E-state index in [0.717, 1.165) is 42.9 Å². The molecule has 2 aromatic heterocycles. The zero-order chi connectivity index (χ0) is 21.8. The van der Waals surface area contributed by atoms with E-state index in [1.165, 1.54) is 17.7 Å². The molecule has 6 nitrogen and oxygen atoms in total. The van der Waals surface area contributed by atoms with E-state index in [-0.39, 0.29) is 0 Å². The molecular weight excluding hydrogens is 404 g/mol. The van der Waals surface area contributed by atoms with Crippen LogP contribution in [0.15, 0.2) is 60.1 Å². The zero-order valence-corrected chi connectivity index (χ0v) is 18.5. The molecule has 0 amide bonds. The van der Waals surface area contributed by atoms with Gasteiger partial charge < -0.3 is 5.73 Å². The van der Waals surface area contributed by atoms with E-state index in [0.29, 0.717) is 11.5 Å². The average molecular weight is 429 g/mol. The number of sulfonamides is 1. The van der Waals surface area contributed by atoms with E-state index in [1.807, 2.05) is 32.1 Å². The van der Waals surface area contributed by atoms with E-state index in [9.17, 15) is 8.42 Å². The molecule has 0 radical (unpaired) electrons. The summed E-state index contributed by atoms with van der Waals surface area (Å²) < 4.78 is 26.8. The molecule has 2 aromatic rings. The third-order valence-corrected chi connectivity index (χ3v) is 5.79. The Morgan fingerprint density at radius 2 is 1.93 bits per heavy atom. The highest BCUT2D eigenvalue weighted by Gasteiger charge is 2.06. The maximum Gasteiger partial charge on any atom is 0.229 e. The molecule has 0 unspecified atom stereocenters. The summed E-state index contributed by atoms with van der Waals surface area (Å²) in [4.78, 5) is 8.38. The van der Waals surface area contributed by atoms with Gasteiger partial charge in [0.25, 0.3) is 0 Å². The Morgan fingerprint density at radius 3 is 2.52 bits per heavy atom. The molecule has 2 heterocycles. The number of nitrogens with one attached hydrogen (secondary N) is 1. The van der Waals surface area contributed by atoms with Crippen LogP contribution in [-0.2, 0) is 10.0 Å². The summed E-state index contributed by atoms with van der Waals surface area (Å²) in [6.07, 6.45) is 9.99. The molecule has 0 bridgehead atoms. The number of rotatable bonds is 6. The normalized spacial score (nSPS) is 14.2. The van der Waals surface area contributed by atoms with Gasteiger partial charge in [-0.3, -0.25) is 4.72 Å². The predicted octanol–water partition coefficient (Wildman–Crippen LogP) is 2.52. The molecular formula is C21H24N4O2S2. The van der Waals surface area contributed by atoms with Crippen molar-refractivity contribution in [2.45, 2.75) is 20.8 Å². The SMILES string of the molecule is C=C=c1sc2c(N)ncnc2c1=CC=C(C)C(=CC=C(C)NS(C)(=O)=O)C(=C)C. The van der Waals surface area contributed by atoms with Crippen LogP contribution in [0, 0.1) is 0 Å². The Labute approximate surface area is 174 Å². The Morgan fingerprint density at radius 1 is 1.24 bits per heavy atom. The van der Waals surface area contributed by atoms with Crippen molar-refractivity contribution in [2.24, 2.45) is 0 Å². The fourth-order valence-electron chi connectivity index (χ4n) is 2.67. The van der Waals surface area contributed by atoms with E-state index >= 15 is 0 Å². The van der Waals surface area contributed by atoms with Crippen molar-refractivity contribution in [3.05, 3.63) is 69.9 Å². The largest absolute Gasteiger partial charge is 0.382 e. The molecule has 0 spiro atoms. The minimum atomic E-state index is -3.31. The summed E-state index contributed by atoms with van der Waals surface area (Å²) in [5.74, 6) is 0.429. The first-order valence-corrected chi connectivity index (χ1v) is 11.3. The Bertz CT molecular complexity index is 1310. The first kappa shape index (κ1) is 22.4. The number of hydrogen-bond donors (Lipinski definition) is 2. The van der Waals surface area contributed by atoms with E-state index in [2.05, 4.69) is 33.6 Å². The lowest BCUT2D eigenvalue weighted by atomic mass is 10.00. The number of anilines is 1. The van der Waals surface area contributed by atoms with Crippen LogP contribution in [0.4, 0.5) is 5.82 Å². The van der Waals surface area contributed by atoms with Crippen LogP contribution >= 0.6 is 11.3 Å². The van der Waals surface area contributed by atoms with Crippen molar-refractivity contribution in [3.8, 4) is 0 Å². The maximum absolute atomic E-state index is 11.3. The van der Waals surface area contributed by atoms with Gasteiger partial charge in [-0.25, -0.2) is 18.4 Å². The van der Waals surface area contributed by atoms with Gasteiger partial charge in [0.05, 0.1) is 21.0 Å². The third kappa shape index (κ3) is 5.77. The highest BCUT2D eigenvalue weighted by molar-refractivity contribution is 7.88. The van der Waals surface area contributed by atoms with Gasteiger partial charge in [-0.05, 0) is 38.0 Å². The van der Waals surface area contributed by atoms with Crippen molar-refractivity contribution in [2.75, 3.05) is 12.0 Å². The maximum atomic E-state index is 11.3. The smallest absolute Gasteiger partial charge is 0.229 e. The van der Waals surface area contributed by atoms with Crippen LogP contribution in [-0.4, -0.2) is 24.6 Å². The number of nitrogens with zero attached hydrogens (tertiary/aromatic N) is 2. The minimum absolute atomic E-state index is 0.429. The van der Waals surface area contributed by atoms with Crippen LogP contribution in [0.5, 0.6) is 0 Å².